The highest BCUT2D eigenvalue weighted by Gasteiger charge is 2.28. The minimum absolute atomic E-state index is 0.162. The number of hydrogen-bond donors (Lipinski definition) is 2. The normalized spacial score (nSPS) is 16.5. The standard InChI is InChI=1S/C27H42N4O4/c1-18(2)10-7-8-12-22-29-23-20(13-14-21(34-6)24(23)30-22)25(32)28-16-19-11-9-15-31(17-19)26(33)35-27(3,4)5/h13-14,18-19H,7-12,15-17H2,1-6H3,(H,28,32)(H,29,30). The number of benzene rings is 1. The molecule has 1 aliphatic rings. The lowest BCUT2D eigenvalue weighted by Gasteiger charge is -2.34. The molecule has 2 aromatic rings. The van der Waals surface area contributed by atoms with Crippen LogP contribution in [0.4, 0.5) is 4.79 Å². The van der Waals surface area contributed by atoms with Crippen LogP contribution in [0, 0.1) is 11.8 Å². The van der Waals surface area contributed by atoms with Crippen molar-refractivity contribution in [1.82, 2.24) is 20.2 Å². The van der Waals surface area contributed by atoms with Gasteiger partial charge in [0.15, 0.2) is 0 Å². The lowest BCUT2D eigenvalue weighted by atomic mass is 9.98. The second-order valence-corrected chi connectivity index (χ2v) is 11.0. The highest BCUT2D eigenvalue weighted by atomic mass is 16.6. The van der Waals surface area contributed by atoms with Gasteiger partial charge < -0.3 is 24.7 Å². The largest absolute Gasteiger partial charge is 0.494 e. The SMILES string of the molecule is COc1ccc(C(=O)NCC2CCCN(C(=O)OC(C)(C)C)C2)c2nc(CCCCC(C)C)[nH]c12. The summed E-state index contributed by atoms with van der Waals surface area (Å²) in [7, 11) is 1.62. The van der Waals surface area contributed by atoms with E-state index in [1.165, 1.54) is 6.42 Å². The zero-order valence-corrected chi connectivity index (χ0v) is 22.2. The lowest BCUT2D eigenvalue weighted by molar-refractivity contribution is 0.0167. The van der Waals surface area contributed by atoms with Crippen molar-refractivity contribution in [3.63, 3.8) is 0 Å². The predicted molar refractivity (Wildman–Crippen MR) is 138 cm³/mol. The summed E-state index contributed by atoms with van der Waals surface area (Å²) >= 11 is 0. The molecule has 1 saturated heterocycles. The number of nitrogens with one attached hydrogen (secondary N) is 2. The van der Waals surface area contributed by atoms with Crippen molar-refractivity contribution in [2.24, 2.45) is 11.8 Å². The van der Waals surface area contributed by atoms with Crippen molar-refractivity contribution in [3.05, 3.63) is 23.5 Å². The number of hydrogen-bond acceptors (Lipinski definition) is 5. The maximum Gasteiger partial charge on any atom is 0.410 e. The van der Waals surface area contributed by atoms with Crippen LogP contribution in [-0.4, -0.2) is 59.2 Å². The van der Waals surface area contributed by atoms with Crippen molar-refractivity contribution in [2.75, 3.05) is 26.7 Å². The smallest absolute Gasteiger partial charge is 0.410 e. The molecule has 1 fully saturated rings. The van der Waals surface area contributed by atoms with Gasteiger partial charge in [0.2, 0.25) is 0 Å². The number of ether oxygens (including phenoxy) is 2. The minimum Gasteiger partial charge on any atom is -0.494 e. The summed E-state index contributed by atoms with van der Waals surface area (Å²) in [6.45, 7) is 11.8. The van der Waals surface area contributed by atoms with Crippen molar-refractivity contribution in [2.45, 2.75) is 78.7 Å². The van der Waals surface area contributed by atoms with Crippen LogP contribution < -0.4 is 10.1 Å². The number of nitrogens with zero attached hydrogens (tertiary/aromatic N) is 2. The lowest BCUT2D eigenvalue weighted by Crippen LogP contribution is -2.45. The van der Waals surface area contributed by atoms with E-state index >= 15 is 0 Å². The van der Waals surface area contributed by atoms with Crippen LogP contribution in [-0.2, 0) is 11.2 Å². The first-order valence-corrected chi connectivity index (χ1v) is 12.9. The Morgan fingerprint density at radius 2 is 2.03 bits per heavy atom. The molecule has 2 heterocycles. The summed E-state index contributed by atoms with van der Waals surface area (Å²) in [6.07, 6.45) is 5.81. The molecule has 0 saturated carbocycles. The third-order valence-corrected chi connectivity index (χ3v) is 6.29. The van der Waals surface area contributed by atoms with Crippen molar-refractivity contribution in [3.8, 4) is 5.75 Å². The van der Waals surface area contributed by atoms with Crippen LogP contribution in [0.3, 0.4) is 0 Å². The van der Waals surface area contributed by atoms with E-state index in [9.17, 15) is 9.59 Å². The number of carbonyl (C=O) groups is 2. The summed E-state index contributed by atoms with van der Waals surface area (Å²) in [6, 6.07) is 3.58. The number of fused-ring (bicyclic) bond motifs is 1. The van der Waals surface area contributed by atoms with Gasteiger partial charge in [0, 0.05) is 26.1 Å². The van der Waals surface area contributed by atoms with Gasteiger partial charge in [-0.25, -0.2) is 9.78 Å². The number of aryl methyl sites for hydroxylation is 1. The zero-order valence-electron chi connectivity index (χ0n) is 22.2. The number of aromatic nitrogens is 2. The number of amides is 2. The first-order chi connectivity index (χ1) is 16.6. The number of likely N-dealkylation sites (tertiary alicyclic amines) is 1. The van der Waals surface area contributed by atoms with E-state index in [1.54, 1.807) is 18.1 Å². The number of imidazole rings is 1. The summed E-state index contributed by atoms with van der Waals surface area (Å²) in [5.74, 6) is 2.27. The van der Waals surface area contributed by atoms with Gasteiger partial charge in [-0.05, 0) is 64.0 Å². The Labute approximate surface area is 209 Å². The molecule has 3 rings (SSSR count). The van der Waals surface area contributed by atoms with Crippen LogP contribution in [0.1, 0.15) is 82.9 Å². The van der Waals surface area contributed by atoms with Gasteiger partial charge >= 0.3 is 6.09 Å². The van der Waals surface area contributed by atoms with Crippen molar-refractivity contribution < 1.29 is 19.1 Å². The molecule has 2 amide bonds. The maximum absolute atomic E-state index is 13.1. The minimum atomic E-state index is -0.519. The van der Waals surface area contributed by atoms with E-state index < -0.39 is 5.60 Å². The number of methoxy groups -OCH3 is 1. The molecule has 35 heavy (non-hydrogen) atoms. The second kappa shape index (κ2) is 11.8. The highest BCUT2D eigenvalue weighted by Crippen LogP contribution is 2.27. The molecule has 0 aliphatic carbocycles. The van der Waals surface area contributed by atoms with Gasteiger partial charge in [0.05, 0.1) is 12.7 Å². The second-order valence-electron chi connectivity index (χ2n) is 11.0. The number of rotatable bonds is 9. The van der Waals surface area contributed by atoms with Crippen LogP contribution in [0.5, 0.6) is 5.75 Å². The molecule has 1 aromatic carbocycles. The summed E-state index contributed by atoms with van der Waals surface area (Å²) in [5, 5.41) is 3.07. The average molecular weight is 487 g/mol. The van der Waals surface area contributed by atoms with Crippen LogP contribution >= 0.6 is 0 Å². The van der Waals surface area contributed by atoms with Crippen LogP contribution in [0.25, 0.3) is 11.0 Å². The van der Waals surface area contributed by atoms with Gasteiger partial charge in [0.1, 0.15) is 28.2 Å². The Balaban J connectivity index is 1.64. The van der Waals surface area contributed by atoms with E-state index in [4.69, 9.17) is 14.5 Å². The average Bonchev–Trinajstić information content (AvgIpc) is 3.22. The molecule has 0 radical (unpaired) electrons. The molecule has 1 atom stereocenters. The van der Waals surface area contributed by atoms with Gasteiger partial charge in [-0.15, -0.1) is 0 Å². The molecule has 1 unspecified atom stereocenters. The number of unbranched alkanes of at least 4 members (excludes halogenated alkanes) is 1. The molecule has 8 heteroatoms. The van der Waals surface area contributed by atoms with E-state index in [-0.39, 0.29) is 17.9 Å². The molecular weight excluding hydrogens is 444 g/mol. The monoisotopic (exact) mass is 486 g/mol. The fourth-order valence-corrected chi connectivity index (χ4v) is 4.49. The molecule has 1 aromatic heterocycles. The Morgan fingerprint density at radius 3 is 2.71 bits per heavy atom. The van der Waals surface area contributed by atoms with Gasteiger partial charge in [-0.2, -0.15) is 0 Å². The van der Waals surface area contributed by atoms with E-state index in [2.05, 4.69) is 24.1 Å². The van der Waals surface area contributed by atoms with E-state index in [1.807, 2.05) is 26.8 Å². The van der Waals surface area contributed by atoms with Crippen LogP contribution in [0.2, 0.25) is 0 Å². The quantitative estimate of drug-likeness (QED) is 0.468. The molecular formula is C27H42N4O4. The molecule has 1 aliphatic heterocycles. The Kier molecular flexibility index (Phi) is 9.03. The summed E-state index contributed by atoms with van der Waals surface area (Å²) < 4.78 is 11.0. The topological polar surface area (TPSA) is 96.6 Å². The highest BCUT2D eigenvalue weighted by molar-refractivity contribution is 6.06. The molecule has 194 valence electrons. The third-order valence-electron chi connectivity index (χ3n) is 6.29. The zero-order chi connectivity index (χ0) is 25.6. The first kappa shape index (κ1) is 26.8. The van der Waals surface area contributed by atoms with Gasteiger partial charge in [0.25, 0.3) is 5.91 Å². The third kappa shape index (κ3) is 7.61. The maximum atomic E-state index is 13.1. The van der Waals surface area contributed by atoms with E-state index in [0.29, 0.717) is 42.4 Å². The predicted octanol–water partition coefficient (Wildman–Crippen LogP) is 5.32. The van der Waals surface area contributed by atoms with Crippen LogP contribution in [0.15, 0.2) is 12.1 Å². The summed E-state index contributed by atoms with van der Waals surface area (Å²) in [5.41, 5.74) is 1.41. The van der Waals surface area contributed by atoms with Gasteiger partial charge in [-0.1, -0.05) is 26.7 Å². The fraction of sp³-hybridized carbons (Fsp3) is 0.667. The number of aromatic amines is 1. The van der Waals surface area contributed by atoms with Crippen molar-refractivity contribution in [1.29, 1.82) is 0 Å². The fourth-order valence-electron chi connectivity index (χ4n) is 4.49. The molecule has 2 N–H and O–H groups in total. The van der Waals surface area contributed by atoms with Gasteiger partial charge in [-0.3, -0.25) is 4.79 Å². The number of H-pyrrole nitrogens is 1. The number of carbonyl (C=O) groups excluding carboxylic acids is 2. The number of piperidine rings is 1. The summed E-state index contributed by atoms with van der Waals surface area (Å²) in [4.78, 5) is 35.5. The first-order valence-electron chi connectivity index (χ1n) is 12.9. The molecule has 0 bridgehead atoms. The Bertz CT molecular complexity index is 1010. The van der Waals surface area contributed by atoms with E-state index in [0.717, 1.165) is 43.4 Å². The molecule has 0 spiro atoms. The molecule has 8 nitrogen and oxygen atoms in total. The Morgan fingerprint density at radius 1 is 1.26 bits per heavy atom. The Hall–Kier alpha value is -2.77. The van der Waals surface area contributed by atoms with Crippen molar-refractivity contribution >= 4 is 23.0 Å².